The van der Waals surface area contributed by atoms with Crippen LogP contribution in [0.1, 0.15) is 45.4 Å². The van der Waals surface area contributed by atoms with Crippen LogP contribution in [0.3, 0.4) is 0 Å². The zero-order chi connectivity index (χ0) is 9.52. The summed E-state index contributed by atoms with van der Waals surface area (Å²) in [6, 6.07) is 0. The number of hydrogen-bond donors (Lipinski definition) is 1. The molecular weight excluding hydrogens is 160 g/mol. The van der Waals surface area contributed by atoms with Crippen molar-refractivity contribution in [3.05, 3.63) is 11.6 Å². The fourth-order valence-electron chi connectivity index (χ4n) is 1.42. The zero-order valence-corrected chi connectivity index (χ0v) is 8.34. The first-order valence-corrected chi connectivity index (χ1v) is 5.21. The van der Waals surface area contributed by atoms with Gasteiger partial charge in [0, 0.05) is 12.0 Å². The minimum atomic E-state index is -0.289. The van der Waals surface area contributed by atoms with Crippen molar-refractivity contribution in [1.82, 2.24) is 0 Å². The molecule has 0 aliphatic heterocycles. The van der Waals surface area contributed by atoms with Crippen molar-refractivity contribution in [2.45, 2.75) is 51.6 Å². The molecule has 1 N–H and O–H groups in total. The molecule has 0 fully saturated rings. The van der Waals surface area contributed by atoms with Gasteiger partial charge in [0.2, 0.25) is 0 Å². The Morgan fingerprint density at radius 1 is 1.62 bits per heavy atom. The predicted octanol–water partition coefficient (Wildman–Crippen LogP) is 2.65. The van der Waals surface area contributed by atoms with Crippen LogP contribution < -0.4 is 0 Å². The van der Waals surface area contributed by atoms with E-state index in [-0.39, 0.29) is 6.10 Å². The van der Waals surface area contributed by atoms with Crippen molar-refractivity contribution < 1.29 is 5.11 Å². The number of hydrogen-bond acceptors (Lipinski definition) is 1. The summed E-state index contributed by atoms with van der Waals surface area (Å²) in [5, 5.41) is 9.55. The van der Waals surface area contributed by atoms with Gasteiger partial charge in [0.05, 0.1) is 6.10 Å². The first-order valence-electron chi connectivity index (χ1n) is 5.21. The Morgan fingerprint density at radius 3 is 3.15 bits per heavy atom. The van der Waals surface area contributed by atoms with Crippen LogP contribution in [0.15, 0.2) is 11.6 Å². The smallest absolute Gasteiger partial charge is 0.0864 e. The van der Waals surface area contributed by atoms with Crippen molar-refractivity contribution in [3.8, 4) is 11.8 Å². The van der Waals surface area contributed by atoms with Gasteiger partial charge in [-0.3, -0.25) is 0 Å². The van der Waals surface area contributed by atoms with E-state index in [2.05, 4.69) is 24.8 Å². The summed E-state index contributed by atoms with van der Waals surface area (Å²) in [4.78, 5) is 0. The van der Waals surface area contributed by atoms with Crippen molar-refractivity contribution >= 4 is 0 Å². The Bertz CT molecular complexity index is 229. The molecule has 1 unspecified atom stereocenters. The Hall–Kier alpha value is -0.740. The minimum absolute atomic E-state index is 0.289. The highest BCUT2D eigenvalue weighted by Crippen LogP contribution is 2.17. The lowest BCUT2D eigenvalue weighted by atomic mass is 9.97. The molecule has 0 aromatic carbocycles. The van der Waals surface area contributed by atoms with Crippen molar-refractivity contribution in [3.63, 3.8) is 0 Å². The summed E-state index contributed by atoms with van der Waals surface area (Å²) in [7, 11) is 0. The lowest BCUT2D eigenvalue weighted by Crippen LogP contribution is -2.12. The van der Waals surface area contributed by atoms with Gasteiger partial charge in [-0.15, -0.1) is 0 Å². The van der Waals surface area contributed by atoms with Gasteiger partial charge in [0.15, 0.2) is 0 Å². The van der Waals surface area contributed by atoms with E-state index in [0.29, 0.717) is 0 Å². The fourth-order valence-corrected chi connectivity index (χ4v) is 1.42. The molecule has 1 nitrogen and oxygen atoms in total. The number of rotatable bonds is 2. The lowest BCUT2D eigenvalue weighted by Gasteiger charge is -2.14. The van der Waals surface area contributed by atoms with E-state index in [1.807, 2.05) is 0 Å². The number of aliphatic hydroxyl groups is 1. The molecule has 72 valence electrons. The van der Waals surface area contributed by atoms with Crippen LogP contribution in [0.2, 0.25) is 0 Å². The van der Waals surface area contributed by atoms with E-state index in [9.17, 15) is 5.11 Å². The highest BCUT2D eigenvalue weighted by molar-refractivity contribution is 5.33. The van der Waals surface area contributed by atoms with E-state index in [1.54, 1.807) is 0 Å². The van der Waals surface area contributed by atoms with Crippen molar-refractivity contribution in [1.29, 1.82) is 0 Å². The quantitative estimate of drug-likeness (QED) is 0.509. The minimum Gasteiger partial charge on any atom is -0.388 e. The summed E-state index contributed by atoms with van der Waals surface area (Å²) in [6.07, 6.45) is 8.16. The maximum atomic E-state index is 9.55. The van der Waals surface area contributed by atoms with Gasteiger partial charge in [-0.1, -0.05) is 31.3 Å². The van der Waals surface area contributed by atoms with E-state index in [4.69, 9.17) is 0 Å². The maximum absolute atomic E-state index is 9.55. The van der Waals surface area contributed by atoms with E-state index >= 15 is 0 Å². The molecule has 0 aromatic heterocycles. The van der Waals surface area contributed by atoms with Gasteiger partial charge in [-0.2, -0.15) is 0 Å². The second-order valence-corrected chi connectivity index (χ2v) is 3.51. The molecule has 0 heterocycles. The molecule has 1 atom stereocenters. The number of allylic oxidation sites excluding steroid dienone is 1. The van der Waals surface area contributed by atoms with Gasteiger partial charge in [0.1, 0.15) is 0 Å². The maximum Gasteiger partial charge on any atom is 0.0864 e. The van der Waals surface area contributed by atoms with Gasteiger partial charge >= 0.3 is 0 Å². The van der Waals surface area contributed by atoms with Gasteiger partial charge in [-0.05, 0) is 25.7 Å². The van der Waals surface area contributed by atoms with Crippen molar-refractivity contribution in [2.24, 2.45) is 0 Å². The molecular formula is C12H18O. The molecule has 0 spiro atoms. The molecule has 13 heavy (non-hydrogen) atoms. The largest absolute Gasteiger partial charge is 0.388 e. The summed E-state index contributed by atoms with van der Waals surface area (Å²) in [5.74, 6) is 6.18. The highest BCUT2D eigenvalue weighted by Gasteiger charge is 2.11. The van der Waals surface area contributed by atoms with Gasteiger partial charge in [-0.25, -0.2) is 0 Å². The topological polar surface area (TPSA) is 20.2 Å². The first-order chi connectivity index (χ1) is 6.34. The Morgan fingerprint density at radius 2 is 2.46 bits per heavy atom. The highest BCUT2D eigenvalue weighted by atomic mass is 16.3. The van der Waals surface area contributed by atoms with Crippen LogP contribution in [0.4, 0.5) is 0 Å². The second-order valence-electron chi connectivity index (χ2n) is 3.51. The molecule has 1 heteroatoms. The number of aliphatic hydroxyl groups excluding tert-OH is 1. The van der Waals surface area contributed by atoms with Crippen LogP contribution >= 0.6 is 0 Å². The lowest BCUT2D eigenvalue weighted by molar-refractivity contribution is 0.196. The Balaban J connectivity index is 2.40. The van der Waals surface area contributed by atoms with E-state index in [0.717, 1.165) is 37.7 Å². The molecule has 0 amide bonds. The predicted molar refractivity (Wildman–Crippen MR) is 55.2 cm³/mol. The molecule has 1 aliphatic carbocycles. The molecule has 1 aliphatic rings. The van der Waals surface area contributed by atoms with Crippen LogP contribution in [0, 0.1) is 11.8 Å². The van der Waals surface area contributed by atoms with E-state index in [1.165, 1.54) is 6.42 Å². The Kier molecular flexibility index (Phi) is 4.64. The van der Waals surface area contributed by atoms with Crippen LogP contribution in [0.5, 0.6) is 0 Å². The third-order valence-corrected chi connectivity index (χ3v) is 2.29. The SMILES string of the molecule is CCCCC#CC1=CCCCC1O. The Labute approximate surface area is 80.9 Å². The molecule has 0 bridgehead atoms. The van der Waals surface area contributed by atoms with Gasteiger partial charge in [0.25, 0.3) is 0 Å². The van der Waals surface area contributed by atoms with Crippen molar-refractivity contribution in [2.75, 3.05) is 0 Å². The normalized spacial score (nSPS) is 21.7. The molecule has 0 radical (unpaired) electrons. The molecule has 0 saturated carbocycles. The zero-order valence-electron chi connectivity index (χ0n) is 8.34. The average molecular weight is 178 g/mol. The monoisotopic (exact) mass is 178 g/mol. The standard InChI is InChI=1S/C12H18O/c1-2-3-4-5-8-11-9-6-7-10-12(11)13/h9,12-13H,2-4,6-7,10H2,1H3. The van der Waals surface area contributed by atoms with Gasteiger partial charge < -0.3 is 5.11 Å². The summed E-state index contributed by atoms with van der Waals surface area (Å²) in [5.41, 5.74) is 0.947. The third-order valence-electron chi connectivity index (χ3n) is 2.29. The summed E-state index contributed by atoms with van der Waals surface area (Å²) >= 11 is 0. The molecule has 0 saturated heterocycles. The van der Waals surface area contributed by atoms with E-state index < -0.39 is 0 Å². The average Bonchev–Trinajstić information content (AvgIpc) is 2.15. The summed E-state index contributed by atoms with van der Waals surface area (Å²) in [6.45, 7) is 2.16. The third kappa shape index (κ3) is 3.65. The second kappa shape index (κ2) is 5.83. The molecule has 0 aromatic rings. The summed E-state index contributed by atoms with van der Waals surface area (Å²) < 4.78 is 0. The van der Waals surface area contributed by atoms with Crippen LogP contribution in [-0.4, -0.2) is 11.2 Å². The van der Waals surface area contributed by atoms with Crippen LogP contribution in [-0.2, 0) is 0 Å². The number of unbranched alkanes of at least 4 members (excludes halogenated alkanes) is 2. The fraction of sp³-hybridized carbons (Fsp3) is 0.667. The van der Waals surface area contributed by atoms with Crippen LogP contribution in [0.25, 0.3) is 0 Å². The first kappa shape index (κ1) is 10.3. The molecule has 1 rings (SSSR count).